The molecule has 0 fully saturated rings. The van der Waals surface area contributed by atoms with Crippen LogP contribution in [-0.2, 0) is 11.3 Å². The van der Waals surface area contributed by atoms with Gasteiger partial charge in [0.2, 0.25) is 0 Å². The van der Waals surface area contributed by atoms with Crippen molar-refractivity contribution in [2.75, 3.05) is 0 Å². The average molecular weight is 343 g/mol. The number of carboxylic acid groups (broad SMARTS) is 1. The van der Waals surface area contributed by atoms with E-state index in [0.717, 1.165) is 10.0 Å². The fraction of sp³-hybridized carbons (Fsp3) is 0.0625. The van der Waals surface area contributed by atoms with Gasteiger partial charge in [0.05, 0.1) is 18.2 Å². The summed E-state index contributed by atoms with van der Waals surface area (Å²) in [5, 5.41) is 18.2. The maximum atomic E-state index is 11.4. The van der Waals surface area contributed by atoms with E-state index in [9.17, 15) is 9.90 Å². The number of nitriles is 1. The third-order valence-electron chi connectivity index (χ3n) is 2.80. The number of nitrogens with zero attached hydrogens (tertiary/aromatic N) is 2. The van der Waals surface area contributed by atoms with Crippen LogP contribution in [-0.4, -0.2) is 16.8 Å². The van der Waals surface area contributed by atoms with E-state index in [4.69, 9.17) is 5.26 Å². The molecule has 5 heteroatoms. The van der Waals surface area contributed by atoms with Crippen molar-refractivity contribution in [3.8, 4) is 6.07 Å². The van der Waals surface area contributed by atoms with Crippen molar-refractivity contribution in [2.24, 2.45) is 4.99 Å². The van der Waals surface area contributed by atoms with E-state index < -0.39 is 5.97 Å². The molecule has 21 heavy (non-hydrogen) atoms. The van der Waals surface area contributed by atoms with E-state index in [0.29, 0.717) is 11.1 Å². The standard InChI is InChI=1S/C16H11BrN2O2/c17-14-6-4-11(5-7-14)10-19-15(16(20)21)13-3-1-2-12(8-13)9-18/h1-8H,10H2,(H,20,21). The quantitative estimate of drug-likeness (QED) is 0.865. The van der Waals surface area contributed by atoms with Gasteiger partial charge < -0.3 is 5.11 Å². The largest absolute Gasteiger partial charge is 0.477 e. The number of benzene rings is 2. The first-order chi connectivity index (χ1) is 10.1. The van der Waals surface area contributed by atoms with E-state index >= 15 is 0 Å². The highest BCUT2D eigenvalue weighted by molar-refractivity contribution is 9.10. The molecule has 0 atom stereocenters. The molecule has 2 aromatic carbocycles. The normalized spacial score (nSPS) is 11.0. The molecular formula is C16H11BrN2O2. The molecule has 0 saturated heterocycles. The van der Waals surface area contributed by atoms with Crippen LogP contribution in [0.1, 0.15) is 16.7 Å². The van der Waals surface area contributed by atoms with Gasteiger partial charge in [-0.1, -0.05) is 40.2 Å². The lowest BCUT2D eigenvalue weighted by Gasteiger charge is -2.03. The number of aliphatic carboxylic acids is 1. The monoisotopic (exact) mass is 342 g/mol. The summed E-state index contributed by atoms with van der Waals surface area (Å²) in [6.07, 6.45) is 0. The molecule has 2 rings (SSSR count). The highest BCUT2D eigenvalue weighted by Crippen LogP contribution is 2.12. The number of rotatable bonds is 4. The summed E-state index contributed by atoms with van der Waals surface area (Å²) in [7, 11) is 0. The van der Waals surface area contributed by atoms with Crippen LogP contribution in [0.25, 0.3) is 0 Å². The molecule has 104 valence electrons. The van der Waals surface area contributed by atoms with E-state index in [1.54, 1.807) is 18.2 Å². The van der Waals surface area contributed by atoms with E-state index in [1.807, 2.05) is 30.3 Å². The lowest BCUT2D eigenvalue weighted by molar-refractivity contribution is -0.129. The molecule has 0 aromatic heterocycles. The Kier molecular flexibility index (Phi) is 4.85. The van der Waals surface area contributed by atoms with Crippen molar-refractivity contribution >= 4 is 27.6 Å². The van der Waals surface area contributed by atoms with Gasteiger partial charge in [0.25, 0.3) is 0 Å². The summed E-state index contributed by atoms with van der Waals surface area (Å²) in [5.41, 5.74) is 1.70. The Labute approximate surface area is 130 Å². The van der Waals surface area contributed by atoms with Crippen molar-refractivity contribution in [1.82, 2.24) is 0 Å². The van der Waals surface area contributed by atoms with Crippen LogP contribution in [0.3, 0.4) is 0 Å². The van der Waals surface area contributed by atoms with Crippen molar-refractivity contribution in [3.05, 3.63) is 69.7 Å². The van der Waals surface area contributed by atoms with Crippen molar-refractivity contribution in [2.45, 2.75) is 6.54 Å². The molecule has 1 N–H and O–H groups in total. The summed E-state index contributed by atoms with van der Waals surface area (Å²) in [6, 6.07) is 15.9. The Bertz CT molecular complexity index is 731. The SMILES string of the molecule is N#Cc1cccc(C(=NCc2ccc(Br)cc2)C(=O)O)c1. The van der Waals surface area contributed by atoms with Gasteiger partial charge in [0.15, 0.2) is 5.71 Å². The minimum atomic E-state index is -1.11. The first kappa shape index (κ1) is 14.9. The van der Waals surface area contributed by atoms with Gasteiger partial charge in [-0.05, 0) is 29.8 Å². The van der Waals surface area contributed by atoms with Crippen LogP contribution in [0.4, 0.5) is 0 Å². The molecule has 0 aliphatic rings. The van der Waals surface area contributed by atoms with E-state index in [-0.39, 0.29) is 12.3 Å². The lowest BCUT2D eigenvalue weighted by atomic mass is 10.1. The number of halogens is 1. The Morgan fingerprint density at radius 3 is 2.57 bits per heavy atom. The average Bonchev–Trinajstić information content (AvgIpc) is 2.49. The molecular weight excluding hydrogens is 332 g/mol. The van der Waals surface area contributed by atoms with Crippen LogP contribution >= 0.6 is 15.9 Å². The van der Waals surface area contributed by atoms with Crippen molar-refractivity contribution < 1.29 is 9.90 Å². The van der Waals surface area contributed by atoms with Gasteiger partial charge in [-0.15, -0.1) is 0 Å². The molecule has 0 amide bonds. The molecule has 0 radical (unpaired) electrons. The number of aliphatic imine (C=N–C) groups is 1. The molecule has 0 aliphatic carbocycles. The van der Waals surface area contributed by atoms with Gasteiger partial charge >= 0.3 is 5.97 Å². The second-order valence-electron chi connectivity index (χ2n) is 4.29. The van der Waals surface area contributed by atoms with Gasteiger partial charge in [-0.25, -0.2) is 4.79 Å². The van der Waals surface area contributed by atoms with Gasteiger partial charge in [-0.2, -0.15) is 5.26 Å². The predicted octanol–water partition coefficient (Wildman–Crippen LogP) is 3.39. The Balaban J connectivity index is 2.30. The first-order valence-corrected chi connectivity index (χ1v) is 6.92. The molecule has 2 aromatic rings. The predicted molar refractivity (Wildman–Crippen MR) is 83.2 cm³/mol. The highest BCUT2D eigenvalue weighted by atomic mass is 79.9. The molecule has 4 nitrogen and oxygen atoms in total. The van der Waals surface area contributed by atoms with Crippen LogP contribution in [0.5, 0.6) is 0 Å². The van der Waals surface area contributed by atoms with Crippen LogP contribution in [0, 0.1) is 11.3 Å². The fourth-order valence-corrected chi connectivity index (χ4v) is 2.04. The summed E-state index contributed by atoms with van der Waals surface area (Å²) in [4.78, 5) is 15.5. The molecule has 0 bridgehead atoms. The molecule has 0 spiro atoms. The summed E-state index contributed by atoms with van der Waals surface area (Å²) >= 11 is 3.34. The maximum Gasteiger partial charge on any atom is 0.354 e. The summed E-state index contributed by atoms with van der Waals surface area (Å²) in [6.45, 7) is 0.270. The number of carboxylic acids is 1. The molecule has 0 saturated carbocycles. The molecule has 0 aliphatic heterocycles. The third-order valence-corrected chi connectivity index (χ3v) is 3.33. The minimum Gasteiger partial charge on any atom is -0.477 e. The van der Waals surface area contributed by atoms with E-state index in [2.05, 4.69) is 20.9 Å². The van der Waals surface area contributed by atoms with Crippen LogP contribution < -0.4 is 0 Å². The first-order valence-electron chi connectivity index (χ1n) is 6.13. The maximum absolute atomic E-state index is 11.4. The van der Waals surface area contributed by atoms with E-state index in [1.165, 1.54) is 6.07 Å². The highest BCUT2D eigenvalue weighted by Gasteiger charge is 2.12. The van der Waals surface area contributed by atoms with Gasteiger partial charge in [0.1, 0.15) is 0 Å². The number of carbonyl (C=O) groups is 1. The minimum absolute atomic E-state index is 0.0463. The van der Waals surface area contributed by atoms with Crippen LogP contribution in [0.2, 0.25) is 0 Å². The zero-order valence-corrected chi connectivity index (χ0v) is 12.5. The lowest BCUT2D eigenvalue weighted by Crippen LogP contribution is -2.15. The van der Waals surface area contributed by atoms with Gasteiger partial charge in [-0.3, -0.25) is 4.99 Å². The summed E-state index contributed by atoms with van der Waals surface area (Å²) in [5.74, 6) is -1.11. The topological polar surface area (TPSA) is 73.5 Å². The smallest absolute Gasteiger partial charge is 0.354 e. The zero-order valence-electron chi connectivity index (χ0n) is 11.0. The Hall–Kier alpha value is -2.45. The van der Waals surface area contributed by atoms with Crippen molar-refractivity contribution in [3.63, 3.8) is 0 Å². The Morgan fingerprint density at radius 1 is 1.24 bits per heavy atom. The number of hydrogen-bond acceptors (Lipinski definition) is 3. The van der Waals surface area contributed by atoms with Crippen LogP contribution in [0.15, 0.2) is 58.0 Å². The van der Waals surface area contributed by atoms with Crippen molar-refractivity contribution in [1.29, 1.82) is 5.26 Å². The second kappa shape index (κ2) is 6.82. The molecule has 0 unspecified atom stereocenters. The zero-order chi connectivity index (χ0) is 15.2. The Morgan fingerprint density at radius 2 is 1.95 bits per heavy atom. The molecule has 0 heterocycles. The number of hydrogen-bond donors (Lipinski definition) is 1. The fourth-order valence-electron chi connectivity index (χ4n) is 1.78. The third kappa shape index (κ3) is 4.01. The summed E-state index contributed by atoms with van der Waals surface area (Å²) < 4.78 is 0.954. The second-order valence-corrected chi connectivity index (χ2v) is 5.20. The van der Waals surface area contributed by atoms with Gasteiger partial charge in [0, 0.05) is 10.0 Å².